The van der Waals surface area contributed by atoms with E-state index in [1.807, 2.05) is 29.2 Å². The topological polar surface area (TPSA) is 51.7 Å². The van der Waals surface area contributed by atoms with Crippen LogP contribution in [0.15, 0.2) is 41.3 Å². The van der Waals surface area contributed by atoms with Gasteiger partial charge in [0.1, 0.15) is 23.2 Å². The summed E-state index contributed by atoms with van der Waals surface area (Å²) in [5.41, 5.74) is 0.125. The maximum Gasteiger partial charge on any atom is 0.274 e. The lowest BCUT2D eigenvalue weighted by molar-refractivity contribution is -0.130. The van der Waals surface area contributed by atoms with Gasteiger partial charge in [-0.3, -0.25) is 4.79 Å². The van der Waals surface area contributed by atoms with Gasteiger partial charge in [0.05, 0.1) is 17.6 Å². The third-order valence-electron chi connectivity index (χ3n) is 4.88. The smallest absolute Gasteiger partial charge is 0.274 e. The quantitative estimate of drug-likeness (QED) is 0.508. The molecular weight excluding hydrogens is 430 g/mol. The fourth-order valence-electron chi connectivity index (χ4n) is 3.26. The molecule has 1 amide bonds. The number of rotatable bonds is 6. The minimum Gasteiger partial charge on any atom is -0.497 e. The highest BCUT2D eigenvalue weighted by Gasteiger charge is 2.25. The molecule has 1 aliphatic rings. The van der Waals surface area contributed by atoms with E-state index >= 15 is 0 Å². The number of hydrogen-bond donors (Lipinski definition) is 0. The van der Waals surface area contributed by atoms with Crippen molar-refractivity contribution in [2.75, 3.05) is 26.0 Å². The molecule has 1 aliphatic heterocycles. The zero-order valence-electron chi connectivity index (χ0n) is 16.3. The second-order valence-corrected chi connectivity index (χ2v) is 8.92. The summed E-state index contributed by atoms with van der Waals surface area (Å²) in [6, 6.07) is 9.69. The molecule has 0 spiro atoms. The Morgan fingerprint density at radius 3 is 2.67 bits per heavy atom. The third kappa shape index (κ3) is 4.84. The number of benzene rings is 2. The molecule has 0 N–H and O–H groups in total. The van der Waals surface area contributed by atoms with Crippen molar-refractivity contribution in [3.63, 3.8) is 0 Å². The van der Waals surface area contributed by atoms with Crippen molar-refractivity contribution in [2.24, 2.45) is 0 Å². The van der Waals surface area contributed by atoms with E-state index in [9.17, 15) is 13.6 Å². The van der Waals surface area contributed by atoms with E-state index in [1.165, 1.54) is 17.8 Å². The number of fused-ring (bicyclic) bond motifs is 1. The van der Waals surface area contributed by atoms with Gasteiger partial charge in [0.25, 0.3) is 5.19 Å². The van der Waals surface area contributed by atoms with Gasteiger partial charge in [-0.2, -0.15) is 4.98 Å². The number of amides is 1. The van der Waals surface area contributed by atoms with Crippen LogP contribution in [0.5, 0.6) is 10.9 Å². The van der Waals surface area contributed by atoms with E-state index in [4.69, 9.17) is 9.47 Å². The van der Waals surface area contributed by atoms with Gasteiger partial charge in [-0.1, -0.05) is 11.3 Å². The Bertz CT molecular complexity index is 1030. The maximum absolute atomic E-state index is 13.8. The minimum atomic E-state index is -0.689. The maximum atomic E-state index is 13.8. The van der Waals surface area contributed by atoms with Gasteiger partial charge in [-0.05, 0) is 30.3 Å². The fourth-order valence-corrected chi connectivity index (χ4v) is 4.98. The zero-order valence-corrected chi connectivity index (χ0v) is 17.9. The number of piperidine rings is 1. The highest BCUT2D eigenvalue weighted by molar-refractivity contribution is 8.00. The first kappa shape index (κ1) is 20.9. The average Bonchev–Trinajstić information content (AvgIpc) is 3.15. The molecule has 2 heterocycles. The molecule has 3 aromatic rings. The molecule has 0 saturated carbocycles. The summed E-state index contributed by atoms with van der Waals surface area (Å²) < 4.78 is 38.6. The predicted octanol–water partition coefficient (Wildman–Crippen LogP) is 4.75. The van der Waals surface area contributed by atoms with Crippen LogP contribution in [0.2, 0.25) is 0 Å². The number of ether oxygens (including phenoxy) is 2. The zero-order chi connectivity index (χ0) is 21.1. The number of carbonyl (C=O) groups is 1. The lowest BCUT2D eigenvalue weighted by Crippen LogP contribution is -2.42. The van der Waals surface area contributed by atoms with Crippen LogP contribution in [0.3, 0.4) is 0 Å². The number of halogens is 2. The van der Waals surface area contributed by atoms with E-state index in [0.29, 0.717) is 41.6 Å². The van der Waals surface area contributed by atoms with Crippen molar-refractivity contribution in [3.8, 4) is 10.9 Å². The number of likely N-dealkylation sites (tertiary alicyclic amines) is 1. The number of methoxy groups -OCH3 is 1. The molecular formula is C21H20F2N2O3S2. The standard InChI is InChI=1S/C21H20F2N2O3S2/c1-27-14-2-4-16(5-3-14)29-12-19(26)25-8-6-15(7-9-25)28-21-24-20-17(23)10-13(22)11-18(20)30-21/h2-5,10-11,15H,6-9,12H2,1H3. The molecule has 158 valence electrons. The Balaban J connectivity index is 1.27. The molecule has 2 aromatic carbocycles. The Morgan fingerprint density at radius 2 is 1.97 bits per heavy atom. The first-order chi connectivity index (χ1) is 14.5. The number of thiazole rings is 1. The second kappa shape index (κ2) is 9.18. The first-order valence-electron chi connectivity index (χ1n) is 9.48. The van der Waals surface area contributed by atoms with Crippen molar-refractivity contribution in [1.29, 1.82) is 0 Å². The van der Waals surface area contributed by atoms with E-state index in [2.05, 4.69) is 4.98 Å². The molecule has 5 nitrogen and oxygen atoms in total. The highest BCUT2D eigenvalue weighted by Crippen LogP contribution is 2.32. The molecule has 1 fully saturated rings. The van der Waals surface area contributed by atoms with Gasteiger partial charge in [-0.15, -0.1) is 11.8 Å². The number of carbonyl (C=O) groups excluding carboxylic acids is 1. The Morgan fingerprint density at radius 1 is 1.23 bits per heavy atom. The van der Waals surface area contributed by atoms with Crippen LogP contribution in [-0.4, -0.2) is 47.8 Å². The first-order valence-corrected chi connectivity index (χ1v) is 11.3. The van der Waals surface area contributed by atoms with Crippen molar-refractivity contribution >= 4 is 39.2 Å². The van der Waals surface area contributed by atoms with Crippen LogP contribution in [0.4, 0.5) is 8.78 Å². The monoisotopic (exact) mass is 450 g/mol. The summed E-state index contributed by atoms with van der Waals surface area (Å²) in [7, 11) is 1.62. The van der Waals surface area contributed by atoms with E-state index < -0.39 is 11.6 Å². The van der Waals surface area contributed by atoms with Crippen molar-refractivity contribution in [3.05, 3.63) is 48.0 Å². The van der Waals surface area contributed by atoms with Crippen LogP contribution in [0, 0.1) is 11.6 Å². The number of nitrogens with zero attached hydrogens (tertiary/aromatic N) is 2. The highest BCUT2D eigenvalue weighted by atomic mass is 32.2. The van der Waals surface area contributed by atoms with Crippen molar-refractivity contribution < 1.29 is 23.0 Å². The normalized spacial score (nSPS) is 14.8. The van der Waals surface area contributed by atoms with Gasteiger partial charge in [0.2, 0.25) is 5.91 Å². The molecule has 0 aliphatic carbocycles. The Labute approximate surface area is 181 Å². The minimum absolute atomic E-state index is 0.0896. The summed E-state index contributed by atoms with van der Waals surface area (Å²) in [5, 5.41) is 0.328. The Hall–Kier alpha value is -2.39. The van der Waals surface area contributed by atoms with Crippen molar-refractivity contribution in [2.45, 2.75) is 23.8 Å². The van der Waals surface area contributed by atoms with Crippen LogP contribution >= 0.6 is 23.1 Å². The van der Waals surface area contributed by atoms with Crippen molar-refractivity contribution in [1.82, 2.24) is 9.88 Å². The molecule has 0 atom stereocenters. The number of hydrogen-bond acceptors (Lipinski definition) is 6. The number of thioether (sulfide) groups is 1. The third-order valence-corrected chi connectivity index (χ3v) is 6.77. The number of aromatic nitrogens is 1. The van der Waals surface area contributed by atoms with Crippen LogP contribution in [-0.2, 0) is 4.79 Å². The Kier molecular flexibility index (Phi) is 6.38. The van der Waals surface area contributed by atoms with Gasteiger partial charge in [-0.25, -0.2) is 8.78 Å². The summed E-state index contributed by atoms with van der Waals surface area (Å²) >= 11 is 2.63. The molecule has 0 bridgehead atoms. The van der Waals surface area contributed by atoms with Gasteiger partial charge in [0, 0.05) is 36.9 Å². The fraction of sp³-hybridized carbons (Fsp3) is 0.333. The molecule has 1 aromatic heterocycles. The SMILES string of the molecule is COc1ccc(SCC(=O)N2CCC(Oc3nc4c(F)cc(F)cc4s3)CC2)cc1. The van der Waals surface area contributed by atoms with E-state index in [-0.39, 0.29) is 17.5 Å². The van der Waals surface area contributed by atoms with E-state index in [1.54, 1.807) is 7.11 Å². The second-order valence-electron chi connectivity index (χ2n) is 6.88. The summed E-state index contributed by atoms with van der Waals surface area (Å²) in [6.45, 7) is 1.20. The molecule has 0 radical (unpaired) electrons. The average molecular weight is 451 g/mol. The van der Waals surface area contributed by atoms with Gasteiger partial charge < -0.3 is 14.4 Å². The predicted molar refractivity (Wildman–Crippen MR) is 113 cm³/mol. The molecule has 0 unspecified atom stereocenters. The van der Waals surface area contributed by atoms with Gasteiger partial charge in [0.15, 0.2) is 5.82 Å². The summed E-state index contributed by atoms with van der Waals surface area (Å²) in [4.78, 5) is 19.5. The molecule has 4 rings (SSSR count). The van der Waals surface area contributed by atoms with Crippen LogP contribution in [0.25, 0.3) is 10.2 Å². The summed E-state index contributed by atoms with van der Waals surface area (Å²) in [5.74, 6) is -0.0680. The van der Waals surface area contributed by atoms with E-state index in [0.717, 1.165) is 28.0 Å². The van der Waals surface area contributed by atoms with Crippen LogP contribution < -0.4 is 9.47 Å². The van der Waals surface area contributed by atoms with Crippen LogP contribution in [0.1, 0.15) is 12.8 Å². The summed E-state index contributed by atoms with van der Waals surface area (Å²) in [6.07, 6.45) is 1.24. The van der Waals surface area contributed by atoms with Gasteiger partial charge >= 0.3 is 0 Å². The largest absolute Gasteiger partial charge is 0.497 e. The lowest BCUT2D eigenvalue weighted by Gasteiger charge is -2.31. The lowest BCUT2D eigenvalue weighted by atomic mass is 10.1. The molecule has 9 heteroatoms. The molecule has 30 heavy (non-hydrogen) atoms. The molecule has 1 saturated heterocycles.